The van der Waals surface area contributed by atoms with E-state index in [2.05, 4.69) is 26.2 Å². The Bertz CT molecular complexity index is 649. The molecule has 0 aliphatic rings. The fourth-order valence-corrected chi connectivity index (χ4v) is 1.86. The smallest absolute Gasteiger partial charge is 0.261 e. The highest BCUT2D eigenvalue weighted by Gasteiger charge is 2.11. The van der Waals surface area contributed by atoms with Gasteiger partial charge in [-0.15, -0.1) is 0 Å². The second-order valence-corrected chi connectivity index (χ2v) is 4.71. The van der Waals surface area contributed by atoms with E-state index >= 15 is 0 Å². The van der Waals surface area contributed by atoms with Gasteiger partial charge in [-0.3, -0.25) is 9.59 Å². The molecule has 2 aromatic rings. The van der Waals surface area contributed by atoms with Crippen molar-refractivity contribution in [3.05, 3.63) is 62.5 Å². The van der Waals surface area contributed by atoms with Gasteiger partial charge in [0.25, 0.3) is 5.91 Å². The van der Waals surface area contributed by atoms with E-state index in [0.29, 0.717) is 5.69 Å². The summed E-state index contributed by atoms with van der Waals surface area (Å²) < 4.78 is 0.772. The molecule has 92 valence electrons. The van der Waals surface area contributed by atoms with Crippen LogP contribution in [-0.2, 0) is 0 Å². The first kappa shape index (κ1) is 12.6. The Morgan fingerprint density at radius 3 is 2.83 bits per heavy atom. The molecule has 0 radical (unpaired) electrons. The molecule has 0 unspecified atom stereocenters. The molecule has 1 amide bonds. The number of aromatic nitrogens is 1. The van der Waals surface area contributed by atoms with E-state index in [-0.39, 0.29) is 11.0 Å². The zero-order valence-corrected chi connectivity index (χ0v) is 11.2. The summed E-state index contributed by atoms with van der Waals surface area (Å²) in [6.45, 7) is 1.93. The van der Waals surface area contributed by atoms with Gasteiger partial charge in [-0.05, 0) is 40.5 Å². The largest absolute Gasteiger partial charge is 0.367 e. The first-order valence-corrected chi connectivity index (χ1v) is 6.12. The Kier molecular flexibility index (Phi) is 3.62. The van der Waals surface area contributed by atoms with Crippen LogP contribution in [0.3, 0.4) is 0 Å². The van der Waals surface area contributed by atoms with Gasteiger partial charge in [-0.1, -0.05) is 6.07 Å². The summed E-state index contributed by atoms with van der Waals surface area (Å²) in [6, 6.07) is 6.93. The lowest BCUT2D eigenvalue weighted by Crippen LogP contribution is -2.21. The van der Waals surface area contributed by atoms with Crippen LogP contribution in [0.4, 0.5) is 5.69 Å². The Morgan fingerprint density at radius 1 is 1.33 bits per heavy atom. The lowest BCUT2D eigenvalue weighted by molar-refractivity contribution is 0.102. The van der Waals surface area contributed by atoms with Gasteiger partial charge in [0.2, 0.25) is 0 Å². The molecule has 0 fully saturated rings. The molecule has 2 N–H and O–H groups in total. The lowest BCUT2D eigenvalue weighted by Gasteiger charge is -2.07. The van der Waals surface area contributed by atoms with Crippen LogP contribution in [0.25, 0.3) is 0 Å². The van der Waals surface area contributed by atoms with Crippen LogP contribution >= 0.6 is 15.9 Å². The van der Waals surface area contributed by atoms with E-state index < -0.39 is 5.91 Å². The second kappa shape index (κ2) is 5.18. The van der Waals surface area contributed by atoms with Crippen LogP contribution in [0.2, 0.25) is 0 Å². The number of anilines is 1. The van der Waals surface area contributed by atoms with E-state index in [0.717, 1.165) is 10.0 Å². The fraction of sp³-hybridized carbons (Fsp3) is 0.0769. The minimum absolute atomic E-state index is 0.0888. The van der Waals surface area contributed by atoms with Crippen molar-refractivity contribution in [3.8, 4) is 0 Å². The fourth-order valence-electron chi connectivity index (χ4n) is 1.52. The van der Waals surface area contributed by atoms with Crippen molar-refractivity contribution in [2.75, 3.05) is 5.32 Å². The van der Waals surface area contributed by atoms with Crippen molar-refractivity contribution in [1.29, 1.82) is 0 Å². The highest BCUT2D eigenvalue weighted by Crippen LogP contribution is 2.23. The number of pyridine rings is 1. The summed E-state index contributed by atoms with van der Waals surface area (Å²) in [6.07, 6.45) is 2.88. The standard InChI is InChI=1S/C13H11BrN2O2/c1-8-2-3-10(14)11(6-8)16-13(18)9-7-15-5-4-12(9)17/h2-7H,1H3,(H,15,17)(H,16,18). The molecule has 0 aliphatic heterocycles. The number of benzene rings is 1. The van der Waals surface area contributed by atoms with Crippen LogP contribution in [0.5, 0.6) is 0 Å². The number of aryl methyl sites for hydroxylation is 1. The number of carbonyl (C=O) groups is 1. The molecule has 0 atom stereocenters. The van der Waals surface area contributed by atoms with Gasteiger partial charge in [-0.2, -0.15) is 0 Å². The summed E-state index contributed by atoms with van der Waals surface area (Å²) in [5, 5.41) is 2.70. The number of aromatic amines is 1. The monoisotopic (exact) mass is 306 g/mol. The quantitative estimate of drug-likeness (QED) is 0.896. The molecular weight excluding hydrogens is 296 g/mol. The van der Waals surface area contributed by atoms with E-state index in [1.165, 1.54) is 18.5 Å². The molecule has 0 saturated heterocycles. The molecular formula is C13H11BrN2O2. The Labute approximate surface area is 112 Å². The van der Waals surface area contributed by atoms with Crippen LogP contribution < -0.4 is 10.7 Å². The zero-order chi connectivity index (χ0) is 13.1. The Balaban J connectivity index is 2.30. The van der Waals surface area contributed by atoms with Gasteiger partial charge in [0.05, 0.1) is 5.69 Å². The molecule has 0 aliphatic carbocycles. The molecule has 0 spiro atoms. The van der Waals surface area contributed by atoms with Crippen molar-refractivity contribution in [1.82, 2.24) is 4.98 Å². The maximum absolute atomic E-state index is 11.9. The van der Waals surface area contributed by atoms with E-state index in [9.17, 15) is 9.59 Å². The summed E-state index contributed by atoms with van der Waals surface area (Å²) in [5.74, 6) is -0.428. The van der Waals surface area contributed by atoms with Gasteiger partial charge in [0, 0.05) is 22.9 Å². The van der Waals surface area contributed by atoms with Gasteiger partial charge in [0.1, 0.15) is 5.56 Å². The van der Waals surface area contributed by atoms with E-state index in [4.69, 9.17) is 0 Å². The third-order valence-electron chi connectivity index (χ3n) is 2.44. The number of H-pyrrole nitrogens is 1. The van der Waals surface area contributed by atoms with Crippen LogP contribution in [0.15, 0.2) is 45.9 Å². The maximum atomic E-state index is 11.9. The maximum Gasteiger partial charge on any atom is 0.261 e. The van der Waals surface area contributed by atoms with Crippen molar-refractivity contribution in [2.24, 2.45) is 0 Å². The highest BCUT2D eigenvalue weighted by molar-refractivity contribution is 9.10. The molecule has 5 heteroatoms. The average molecular weight is 307 g/mol. The third-order valence-corrected chi connectivity index (χ3v) is 3.13. The number of hydrogen-bond donors (Lipinski definition) is 2. The molecule has 1 aromatic carbocycles. The predicted octanol–water partition coefficient (Wildman–Crippen LogP) is 2.70. The lowest BCUT2D eigenvalue weighted by atomic mass is 10.2. The van der Waals surface area contributed by atoms with Crippen molar-refractivity contribution in [2.45, 2.75) is 6.92 Å². The van der Waals surface area contributed by atoms with Gasteiger partial charge < -0.3 is 10.3 Å². The molecule has 4 nitrogen and oxygen atoms in total. The number of nitrogens with one attached hydrogen (secondary N) is 2. The van der Waals surface area contributed by atoms with Gasteiger partial charge in [0.15, 0.2) is 5.43 Å². The van der Waals surface area contributed by atoms with Crippen molar-refractivity contribution >= 4 is 27.5 Å². The molecule has 0 saturated carbocycles. The van der Waals surface area contributed by atoms with Gasteiger partial charge in [-0.25, -0.2) is 0 Å². The molecule has 0 bridgehead atoms. The SMILES string of the molecule is Cc1ccc(Br)c(NC(=O)c2c[nH]ccc2=O)c1. The topological polar surface area (TPSA) is 62.0 Å². The predicted molar refractivity (Wildman–Crippen MR) is 73.9 cm³/mol. The minimum atomic E-state index is -0.428. The minimum Gasteiger partial charge on any atom is -0.367 e. The van der Waals surface area contributed by atoms with Crippen LogP contribution in [0, 0.1) is 6.92 Å². The van der Waals surface area contributed by atoms with E-state index in [1.54, 1.807) is 0 Å². The molecule has 1 heterocycles. The Morgan fingerprint density at radius 2 is 2.11 bits per heavy atom. The number of hydrogen-bond acceptors (Lipinski definition) is 2. The first-order chi connectivity index (χ1) is 8.58. The first-order valence-electron chi connectivity index (χ1n) is 5.32. The summed E-state index contributed by atoms with van der Waals surface area (Å²) in [5.41, 5.74) is 1.44. The number of amides is 1. The molecule has 1 aromatic heterocycles. The van der Waals surface area contributed by atoms with Gasteiger partial charge >= 0.3 is 0 Å². The van der Waals surface area contributed by atoms with Crippen molar-refractivity contribution in [3.63, 3.8) is 0 Å². The molecule has 2 rings (SSSR count). The summed E-state index contributed by atoms with van der Waals surface area (Å²) in [4.78, 5) is 26.2. The normalized spacial score (nSPS) is 10.1. The second-order valence-electron chi connectivity index (χ2n) is 3.86. The average Bonchev–Trinajstić information content (AvgIpc) is 2.34. The number of rotatable bonds is 2. The summed E-state index contributed by atoms with van der Waals surface area (Å²) >= 11 is 3.35. The molecule has 18 heavy (non-hydrogen) atoms. The van der Waals surface area contributed by atoms with Crippen LogP contribution in [0.1, 0.15) is 15.9 Å². The Hall–Kier alpha value is -1.88. The highest BCUT2D eigenvalue weighted by atomic mass is 79.9. The zero-order valence-electron chi connectivity index (χ0n) is 9.66. The van der Waals surface area contributed by atoms with E-state index in [1.807, 2.05) is 25.1 Å². The van der Waals surface area contributed by atoms with Crippen molar-refractivity contribution < 1.29 is 4.79 Å². The summed E-state index contributed by atoms with van der Waals surface area (Å²) in [7, 11) is 0. The van der Waals surface area contributed by atoms with Crippen LogP contribution in [-0.4, -0.2) is 10.9 Å². The number of carbonyl (C=O) groups excluding carboxylic acids is 1. The number of halogens is 1. The third kappa shape index (κ3) is 2.68.